The molecule has 7 heteroatoms. The summed E-state index contributed by atoms with van der Waals surface area (Å²) in [7, 11) is 0. The predicted molar refractivity (Wildman–Crippen MR) is 115 cm³/mol. The van der Waals surface area contributed by atoms with Gasteiger partial charge in [-0.05, 0) is 30.7 Å². The number of rotatable bonds is 6. The Morgan fingerprint density at radius 3 is 2.69 bits per heavy atom. The molecule has 152 valence electrons. The molecular formula is C22H26N3O3S+. The summed E-state index contributed by atoms with van der Waals surface area (Å²) in [6.07, 6.45) is -0.471. The van der Waals surface area contributed by atoms with Crippen LogP contribution in [0.4, 0.5) is 0 Å². The van der Waals surface area contributed by atoms with Crippen LogP contribution in [-0.2, 0) is 4.74 Å². The summed E-state index contributed by atoms with van der Waals surface area (Å²) in [4.78, 5) is 19.4. The highest BCUT2D eigenvalue weighted by Crippen LogP contribution is 2.23. The van der Waals surface area contributed by atoms with E-state index in [-0.39, 0.29) is 5.56 Å². The highest BCUT2D eigenvalue weighted by Gasteiger charge is 2.20. The molecule has 0 amide bonds. The van der Waals surface area contributed by atoms with Gasteiger partial charge in [-0.25, -0.2) is 4.98 Å². The number of benzene rings is 2. The number of hydrogen-bond donors (Lipinski definition) is 2. The Morgan fingerprint density at radius 1 is 1.17 bits per heavy atom. The first-order valence-corrected chi connectivity index (χ1v) is 10.9. The van der Waals surface area contributed by atoms with E-state index in [2.05, 4.69) is 0 Å². The molecule has 0 spiro atoms. The van der Waals surface area contributed by atoms with Crippen molar-refractivity contribution in [1.82, 2.24) is 9.55 Å². The van der Waals surface area contributed by atoms with Crippen molar-refractivity contribution in [2.75, 3.05) is 38.6 Å². The van der Waals surface area contributed by atoms with Crippen LogP contribution in [0.5, 0.6) is 0 Å². The van der Waals surface area contributed by atoms with Crippen molar-refractivity contribution >= 4 is 22.7 Å². The molecule has 1 aliphatic heterocycles. The van der Waals surface area contributed by atoms with Crippen LogP contribution in [0.3, 0.4) is 0 Å². The van der Waals surface area contributed by atoms with Gasteiger partial charge in [0.2, 0.25) is 0 Å². The SMILES string of the molecule is Cc1ccccc1-n1c(SC[C@H](O)C[NH+]2CCOCC2)nc2ccccc2c1=O. The fraction of sp³-hybridized carbons (Fsp3) is 0.364. The fourth-order valence-electron chi connectivity index (χ4n) is 3.66. The summed E-state index contributed by atoms with van der Waals surface area (Å²) in [5.74, 6) is 0.487. The van der Waals surface area contributed by atoms with Crippen LogP contribution in [0.2, 0.25) is 0 Å². The number of fused-ring (bicyclic) bond motifs is 1. The Balaban J connectivity index is 1.64. The lowest BCUT2D eigenvalue weighted by Gasteiger charge is -2.25. The highest BCUT2D eigenvalue weighted by molar-refractivity contribution is 7.99. The minimum atomic E-state index is -0.471. The lowest BCUT2D eigenvalue weighted by atomic mass is 10.2. The van der Waals surface area contributed by atoms with Crippen LogP contribution >= 0.6 is 11.8 Å². The second-order valence-corrected chi connectivity index (χ2v) is 8.36. The first-order valence-electron chi connectivity index (χ1n) is 9.93. The number of ether oxygens (including phenoxy) is 1. The molecule has 1 saturated heterocycles. The van der Waals surface area contributed by atoms with Crippen molar-refractivity contribution in [3.8, 4) is 5.69 Å². The number of quaternary nitrogens is 1. The normalized spacial score (nSPS) is 16.2. The molecule has 0 radical (unpaired) electrons. The smallest absolute Gasteiger partial charge is 0.266 e. The van der Waals surface area contributed by atoms with E-state index in [1.807, 2.05) is 55.5 Å². The van der Waals surface area contributed by atoms with Crippen molar-refractivity contribution in [2.45, 2.75) is 18.2 Å². The number of aliphatic hydroxyl groups is 1. The molecule has 29 heavy (non-hydrogen) atoms. The maximum atomic E-state index is 13.3. The van der Waals surface area contributed by atoms with Crippen LogP contribution in [0.15, 0.2) is 58.5 Å². The monoisotopic (exact) mass is 412 g/mol. The minimum absolute atomic E-state index is 0.0827. The van der Waals surface area contributed by atoms with Gasteiger partial charge in [0.25, 0.3) is 5.56 Å². The van der Waals surface area contributed by atoms with Crippen LogP contribution in [0, 0.1) is 6.92 Å². The summed E-state index contributed by atoms with van der Waals surface area (Å²) in [5.41, 5.74) is 2.43. The minimum Gasteiger partial charge on any atom is -0.386 e. The second kappa shape index (κ2) is 9.09. The Kier molecular flexibility index (Phi) is 6.30. The summed E-state index contributed by atoms with van der Waals surface area (Å²) in [6.45, 7) is 6.00. The van der Waals surface area contributed by atoms with Gasteiger partial charge in [-0.2, -0.15) is 0 Å². The average molecular weight is 413 g/mol. The largest absolute Gasteiger partial charge is 0.386 e. The van der Waals surface area contributed by atoms with Crippen molar-refractivity contribution in [2.24, 2.45) is 0 Å². The topological polar surface area (TPSA) is 68.8 Å². The van der Waals surface area contributed by atoms with E-state index in [9.17, 15) is 9.90 Å². The van der Waals surface area contributed by atoms with Crippen molar-refractivity contribution in [1.29, 1.82) is 0 Å². The van der Waals surface area contributed by atoms with E-state index in [1.165, 1.54) is 16.7 Å². The Bertz CT molecular complexity index is 1050. The van der Waals surface area contributed by atoms with Gasteiger partial charge in [-0.1, -0.05) is 42.1 Å². The van der Waals surface area contributed by atoms with E-state index in [0.29, 0.717) is 28.4 Å². The number of aliphatic hydroxyl groups excluding tert-OH is 1. The zero-order chi connectivity index (χ0) is 20.2. The molecule has 2 N–H and O–H groups in total. The quantitative estimate of drug-likeness (QED) is 0.468. The zero-order valence-corrected chi connectivity index (χ0v) is 17.3. The molecule has 1 atom stereocenters. The van der Waals surface area contributed by atoms with E-state index >= 15 is 0 Å². The molecule has 2 aromatic carbocycles. The van der Waals surface area contributed by atoms with E-state index in [4.69, 9.17) is 9.72 Å². The van der Waals surface area contributed by atoms with Crippen molar-refractivity contribution in [3.05, 3.63) is 64.4 Å². The first kappa shape index (κ1) is 20.1. The maximum Gasteiger partial charge on any atom is 0.266 e. The molecule has 0 aliphatic carbocycles. The molecule has 1 fully saturated rings. The van der Waals surface area contributed by atoms with Crippen LogP contribution in [0.1, 0.15) is 5.56 Å². The number of morpholine rings is 1. The van der Waals surface area contributed by atoms with Gasteiger partial charge in [0, 0.05) is 5.75 Å². The lowest BCUT2D eigenvalue weighted by Crippen LogP contribution is -3.15. The number of nitrogens with one attached hydrogen (secondary N) is 1. The maximum absolute atomic E-state index is 13.3. The Hall–Kier alpha value is -2.19. The third kappa shape index (κ3) is 4.53. The molecule has 0 saturated carbocycles. The standard InChI is InChI=1S/C22H25N3O3S/c1-16-6-2-5-9-20(16)25-21(27)18-7-3-4-8-19(18)23-22(25)29-15-17(26)14-24-10-12-28-13-11-24/h2-9,17,26H,10-15H2,1H3/p+1/t17-/m1/s1. The number of thioether (sulfide) groups is 1. The summed E-state index contributed by atoms with van der Waals surface area (Å²) < 4.78 is 7.06. The van der Waals surface area contributed by atoms with Crippen molar-refractivity contribution in [3.63, 3.8) is 0 Å². The summed E-state index contributed by atoms with van der Waals surface area (Å²) in [6, 6.07) is 15.2. The number of aryl methyl sites for hydroxylation is 1. The van der Waals surface area contributed by atoms with Gasteiger partial charge >= 0.3 is 0 Å². The van der Waals surface area contributed by atoms with Gasteiger partial charge in [-0.3, -0.25) is 9.36 Å². The highest BCUT2D eigenvalue weighted by atomic mass is 32.2. The molecule has 2 heterocycles. The summed E-state index contributed by atoms with van der Waals surface area (Å²) in [5, 5.41) is 11.8. The molecule has 1 aromatic heterocycles. The molecule has 6 nitrogen and oxygen atoms in total. The van der Waals surface area contributed by atoms with Crippen LogP contribution < -0.4 is 10.5 Å². The second-order valence-electron chi connectivity index (χ2n) is 7.37. The number of nitrogens with zero attached hydrogens (tertiary/aromatic N) is 2. The average Bonchev–Trinajstić information content (AvgIpc) is 2.74. The fourth-order valence-corrected chi connectivity index (χ4v) is 4.60. The van der Waals surface area contributed by atoms with Gasteiger partial charge in [-0.15, -0.1) is 0 Å². The molecule has 3 aromatic rings. The van der Waals surface area contributed by atoms with Crippen molar-refractivity contribution < 1.29 is 14.7 Å². The van der Waals surface area contributed by atoms with E-state index in [1.54, 1.807) is 4.57 Å². The van der Waals surface area contributed by atoms with Crippen LogP contribution in [0.25, 0.3) is 16.6 Å². The zero-order valence-electron chi connectivity index (χ0n) is 16.5. The molecular weight excluding hydrogens is 386 g/mol. The predicted octanol–water partition coefficient (Wildman–Crippen LogP) is 1.06. The Labute approximate surface area is 174 Å². The lowest BCUT2D eigenvalue weighted by molar-refractivity contribution is -0.910. The third-order valence-electron chi connectivity index (χ3n) is 5.23. The molecule has 4 rings (SSSR count). The molecule has 0 bridgehead atoms. The van der Waals surface area contributed by atoms with E-state index in [0.717, 1.165) is 37.6 Å². The number of para-hydroxylation sites is 2. The van der Waals surface area contributed by atoms with Gasteiger partial charge in [0.05, 0.1) is 29.8 Å². The first-order chi connectivity index (χ1) is 14.1. The van der Waals surface area contributed by atoms with Gasteiger partial charge in [0.15, 0.2) is 5.16 Å². The third-order valence-corrected chi connectivity index (χ3v) is 6.31. The van der Waals surface area contributed by atoms with Gasteiger partial charge in [0.1, 0.15) is 25.7 Å². The number of hydrogen-bond acceptors (Lipinski definition) is 5. The van der Waals surface area contributed by atoms with Gasteiger partial charge < -0.3 is 14.7 Å². The summed E-state index contributed by atoms with van der Waals surface area (Å²) >= 11 is 1.43. The molecule has 0 unspecified atom stereocenters. The number of aromatic nitrogens is 2. The van der Waals surface area contributed by atoms with Crippen LogP contribution in [-0.4, -0.2) is 59.4 Å². The Morgan fingerprint density at radius 2 is 1.90 bits per heavy atom. The molecule has 1 aliphatic rings. The van der Waals surface area contributed by atoms with E-state index < -0.39 is 6.10 Å².